The van der Waals surface area contributed by atoms with Crippen molar-refractivity contribution in [1.82, 2.24) is 4.90 Å². The van der Waals surface area contributed by atoms with E-state index in [1.54, 1.807) is 7.05 Å². The number of nitrogens with zero attached hydrogens (tertiary/aromatic N) is 1. The van der Waals surface area contributed by atoms with E-state index in [9.17, 15) is 9.59 Å². The van der Waals surface area contributed by atoms with Crippen LogP contribution in [0.25, 0.3) is 0 Å². The van der Waals surface area contributed by atoms with Crippen LogP contribution in [0.3, 0.4) is 0 Å². The number of hydrogen-bond acceptors (Lipinski definition) is 3. The number of amides is 1. The summed E-state index contributed by atoms with van der Waals surface area (Å²) in [5, 5.41) is 0. The summed E-state index contributed by atoms with van der Waals surface area (Å²) in [5.74, 6) is 0.251. The molecule has 0 N–H and O–H groups in total. The van der Waals surface area contributed by atoms with E-state index in [0.29, 0.717) is 5.92 Å². The van der Waals surface area contributed by atoms with Crippen LogP contribution in [-0.2, 0) is 14.3 Å². The zero-order valence-corrected chi connectivity index (χ0v) is 12.0. The van der Waals surface area contributed by atoms with Gasteiger partial charge in [0, 0.05) is 12.5 Å². The van der Waals surface area contributed by atoms with Crippen LogP contribution >= 0.6 is 0 Å². The zero-order valence-electron chi connectivity index (χ0n) is 12.0. The lowest BCUT2D eigenvalue weighted by Crippen LogP contribution is -2.43. The first-order chi connectivity index (χ1) is 8.41. The SMILES string of the molecule is COC(=O)CN(C)C(=O)C1(CC(C)C)CCCC1. The standard InChI is InChI=1S/C14H25NO3/c1-11(2)9-14(7-5-6-8-14)13(17)15(3)10-12(16)18-4/h11H,5-10H2,1-4H3. The highest BCUT2D eigenvalue weighted by Gasteiger charge is 2.43. The van der Waals surface area contributed by atoms with E-state index in [2.05, 4.69) is 18.6 Å². The van der Waals surface area contributed by atoms with Gasteiger partial charge in [-0.15, -0.1) is 0 Å². The van der Waals surface area contributed by atoms with Crippen LogP contribution in [0.2, 0.25) is 0 Å². The molecule has 1 aliphatic rings. The van der Waals surface area contributed by atoms with Gasteiger partial charge in [-0.1, -0.05) is 26.7 Å². The molecule has 104 valence electrons. The van der Waals surface area contributed by atoms with Gasteiger partial charge in [-0.25, -0.2) is 0 Å². The molecule has 0 radical (unpaired) electrons. The van der Waals surface area contributed by atoms with Crippen molar-refractivity contribution in [3.63, 3.8) is 0 Å². The predicted molar refractivity (Wildman–Crippen MR) is 70.0 cm³/mol. The van der Waals surface area contributed by atoms with Gasteiger partial charge in [0.2, 0.25) is 5.91 Å². The summed E-state index contributed by atoms with van der Waals surface area (Å²) in [7, 11) is 3.04. The van der Waals surface area contributed by atoms with Crippen molar-refractivity contribution in [2.45, 2.75) is 46.0 Å². The van der Waals surface area contributed by atoms with Gasteiger partial charge in [-0.3, -0.25) is 9.59 Å². The summed E-state index contributed by atoms with van der Waals surface area (Å²) in [6.07, 6.45) is 5.05. The van der Waals surface area contributed by atoms with Crippen LogP contribution in [0.15, 0.2) is 0 Å². The van der Waals surface area contributed by atoms with Crippen LogP contribution in [0.1, 0.15) is 46.0 Å². The zero-order chi connectivity index (χ0) is 13.8. The van der Waals surface area contributed by atoms with E-state index in [1.807, 2.05) is 0 Å². The fourth-order valence-electron chi connectivity index (χ4n) is 3.07. The second kappa shape index (κ2) is 6.21. The largest absolute Gasteiger partial charge is 0.468 e. The van der Waals surface area contributed by atoms with Gasteiger partial charge in [-0.2, -0.15) is 0 Å². The Morgan fingerprint density at radius 2 is 1.83 bits per heavy atom. The molecule has 0 aromatic rings. The smallest absolute Gasteiger partial charge is 0.325 e. The Morgan fingerprint density at radius 3 is 2.28 bits per heavy atom. The topological polar surface area (TPSA) is 46.6 Å². The molecule has 4 heteroatoms. The van der Waals surface area contributed by atoms with E-state index in [0.717, 1.165) is 32.1 Å². The Balaban J connectivity index is 2.73. The van der Waals surface area contributed by atoms with Crippen molar-refractivity contribution in [2.75, 3.05) is 20.7 Å². The molecule has 0 atom stereocenters. The van der Waals surface area contributed by atoms with Crippen LogP contribution in [0, 0.1) is 11.3 Å². The third-order valence-corrected chi connectivity index (χ3v) is 3.75. The number of esters is 1. The summed E-state index contributed by atoms with van der Waals surface area (Å²) in [6, 6.07) is 0. The molecule has 1 rings (SSSR count). The lowest BCUT2D eigenvalue weighted by atomic mass is 9.77. The van der Waals surface area contributed by atoms with Gasteiger partial charge in [0.1, 0.15) is 6.54 Å². The Morgan fingerprint density at radius 1 is 1.28 bits per heavy atom. The minimum atomic E-state index is -0.358. The molecular weight excluding hydrogens is 230 g/mol. The van der Waals surface area contributed by atoms with E-state index in [1.165, 1.54) is 12.0 Å². The number of likely N-dealkylation sites (N-methyl/N-ethyl adjacent to an activating group) is 1. The van der Waals surface area contributed by atoms with Crippen molar-refractivity contribution < 1.29 is 14.3 Å². The summed E-state index contributed by atoms with van der Waals surface area (Å²) >= 11 is 0. The number of ether oxygens (including phenoxy) is 1. The molecular formula is C14H25NO3. The minimum absolute atomic E-state index is 0.0508. The summed E-state index contributed by atoms with van der Waals surface area (Å²) in [4.78, 5) is 25.4. The van der Waals surface area contributed by atoms with E-state index in [4.69, 9.17) is 0 Å². The highest BCUT2D eigenvalue weighted by Crippen LogP contribution is 2.44. The summed E-state index contributed by atoms with van der Waals surface area (Å²) in [5.41, 5.74) is -0.239. The van der Waals surface area contributed by atoms with Gasteiger partial charge < -0.3 is 9.64 Å². The quantitative estimate of drug-likeness (QED) is 0.708. The molecule has 0 saturated heterocycles. The number of carbonyl (C=O) groups excluding carboxylic acids is 2. The Bertz CT molecular complexity index is 306. The van der Waals surface area contributed by atoms with Crippen molar-refractivity contribution in [3.8, 4) is 0 Å². The number of methoxy groups -OCH3 is 1. The molecule has 1 saturated carbocycles. The number of hydrogen-bond donors (Lipinski definition) is 0. The Hall–Kier alpha value is -1.06. The maximum absolute atomic E-state index is 12.6. The molecule has 1 amide bonds. The summed E-state index contributed by atoms with van der Waals surface area (Å²) in [6.45, 7) is 4.34. The second-order valence-corrected chi connectivity index (χ2v) is 5.82. The highest BCUT2D eigenvalue weighted by molar-refractivity contribution is 5.86. The Labute approximate surface area is 110 Å². The minimum Gasteiger partial charge on any atom is -0.468 e. The Kier molecular flexibility index (Phi) is 5.17. The predicted octanol–water partition coefficient (Wildman–Crippen LogP) is 2.22. The third-order valence-electron chi connectivity index (χ3n) is 3.75. The first kappa shape index (κ1) is 15.0. The lowest BCUT2D eigenvalue weighted by Gasteiger charge is -2.33. The maximum Gasteiger partial charge on any atom is 0.325 e. The van der Waals surface area contributed by atoms with Gasteiger partial charge in [0.15, 0.2) is 0 Å². The van der Waals surface area contributed by atoms with Gasteiger partial charge >= 0.3 is 5.97 Å². The molecule has 0 aromatic carbocycles. The molecule has 0 spiro atoms. The molecule has 4 nitrogen and oxygen atoms in total. The molecule has 0 aromatic heterocycles. The van der Waals surface area contributed by atoms with Crippen LogP contribution in [0.5, 0.6) is 0 Å². The van der Waals surface area contributed by atoms with Gasteiger partial charge in [0.05, 0.1) is 7.11 Å². The normalized spacial score (nSPS) is 17.8. The fraction of sp³-hybridized carbons (Fsp3) is 0.857. The molecule has 0 unspecified atom stereocenters. The molecule has 0 bridgehead atoms. The van der Waals surface area contributed by atoms with E-state index >= 15 is 0 Å². The second-order valence-electron chi connectivity index (χ2n) is 5.82. The molecule has 18 heavy (non-hydrogen) atoms. The number of rotatable bonds is 5. The lowest BCUT2D eigenvalue weighted by molar-refractivity contribution is -0.150. The molecule has 1 fully saturated rings. The molecule has 1 aliphatic carbocycles. The monoisotopic (exact) mass is 255 g/mol. The van der Waals surface area contributed by atoms with Crippen LogP contribution in [0.4, 0.5) is 0 Å². The van der Waals surface area contributed by atoms with Crippen molar-refractivity contribution >= 4 is 11.9 Å². The van der Waals surface area contributed by atoms with E-state index in [-0.39, 0.29) is 23.8 Å². The molecule has 0 aliphatic heterocycles. The van der Waals surface area contributed by atoms with E-state index < -0.39 is 0 Å². The summed E-state index contributed by atoms with van der Waals surface area (Å²) < 4.78 is 4.61. The average molecular weight is 255 g/mol. The van der Waals surface area contributed by atoms with Gasteiger partial charge in [-0.05, 0) is 25.2 Å². The van der Waals surface area contributed by atoms with Gasteiger partial charge in [0.25, 0.3) is 0 Å². The fourth-order valence-corrected chi connectivity index (χ4v) is 3.07. The third kappa shape index (κ3) is 3.47. The van der Waals surface area contributed by atoms with Crippen molar-refractivity contribution in [2.24, 2.45) is 11.3 Å². The van der Waals surface area contributed by atoms with Crippen LogP contribution < -0.4 is 0 Å². The maximum atomic E-state index is 12.6. The highest BCUT2D eigenvalue weighted by atomic mass is 16.5. The number of carbonyl (C=O) groups is 2. The van der Waals surface area contributed by atoms with Crippen LogP contribution in [-0.4, -0.2) is 37.5 Å². The first-order valence-corrected chi connectivity index (χ1v) is 6.73. The average Bonchev–Trinajstić information content (AvgIpc) is 2.76. The van der Waals surface area contributed by atoms with Crippen molar-refractivity contribution in [3.05, 3.63) is 0 Å². The molecule has 0 heterocycles. The first-order valence-electron chi connectivity index (χ1n) is 6.73. The van der Waals surface area contributed by atoms with Crippen molar-refractivity contribution in [1.29, 1.82) is 0 Å².